The second-order valence-electron chi connectivity index (χ2n) is 11.3. The van der Waals surface area contributed by atoms with Crippen molar-refractivity contribution in [3.63, 3.8) is 0 Å². The van der Waals surface area contributed by atoms with Gasteiger partial charge in [-0.1, -0.05) is 0 Å². The predicted octanol–water partition coefficient (Wildman–Crippen LogP) is 4.39. The Kier molecular flexibility index (Phi) is 10.1. The molecule has 0 aromatic carbocycles. The molecule has 2 heterocycles. The monoisotopic (exact) mass is 565 g/mol. The van der Waals surface area contributed by atoms with Crippen molar-refractivity contribution in [3.8, 4) is 0 Å². The molecule has 2 aromatic rings. The summed E-state index contributed by atoms with van der Waals surface area (Å²) < 4.78 is 72.5. The average molecular weight is 566 g/mol. The van der Waals surface area contributed by atoms with Crippen molar-refractivity contribution in [1.29, 1.82) is 0 Å². The van der Waals surface area contributed by atoms with Crippen LogP contribution < -0.4 is 10.0 Å². The van der Waals surface area contributed by atoms with Crippen LogP contribution in [-0.4, -0.2) is 67.7 Å². The van der Waals surface area contributed by atoms with Gasteiger partial charge in [-0.15, -0.1) is 4.72 Å². The van der Waals surface area contributed by atoms with Crippen molar-refractivity contribution in [3.05, 3.63) is 29.7 Å². The SMILES string of the molecule is COCC(N[S+]([O-])C(C)(C)C)c1cnn2cc([C@H](COC(C)(C)C(F)(F)F)NC(=O)OC(C)(C)C)nc2c1. The first-order valence-electron chi connectivity index (χ1n) is 12.0. The number of nitrogens with zero attached hydrogens (tertiary/aromatic N) is 3. The largest absolute Gasteiger partial charge is 0.598 e. The molecule has 0 radical (unpaired) electrons. The first-order chi connectivity index (χ1) is 17.2. The highest BCUT2D eigenvalue weighted by atomic mass is 32.2. The number of hydrogen-bond donors (Lipinski definition) is 2. The van der Waals surface area contributed by atoms with Gasteiger partial charge in [0.25, 0.3) is 0 Å². The molecular formula is C24H38F3N5O5S. The molecule has 0 aliphatic heterocycles. The number of carbonyl (C=O) groups is 1. The van der Waals surface area contributed by atoms with E-state index in [1.165, 1.54) is 17.8 Å². The fourth-order valence-electron chi connectivity index (χ4n) is 2.96. The van der Waals surface area contributed by atoms with E-state index in [1.807, 2.05) is 20.8 Å². The minimum atomic E-state index is -4.63. The lowest BCUT2D eigenvalue weighted by Gasteiger charge is -2.30. The summed E-state index contributed by atoms with van der Waals surface area (Å²) in [5, 5.41) is 6.88. The number of aromatic nitrogens is 3. The highest BCUT2D eigenvalue weighted by Gasteiger charge is 2.49. The molecule has 0 fully saturated rings. The van der Waals surface area contributed by atoms with E-state index in [1.54, 1.807) is 33.0 Å². The number of imidazole rings is 1. The van der Waals surface area contributed by atoms with E-state index in [-0.39, 0.29) is 12.3 Å². The number of alkyl halides is 3. The van der Waals surface area contributed by atoms with Gasteiger partial charge in [0.1, 0.15) is 16.4 Å². The number of methoxy groups -OCH3 is 1. The minimum absolute atomic E-state index is 0.205. The second-order valence-corrected chi connectivity index (χ2v) is 13.3. The van der Waals surface area contributed by atoms with Gasteiger partial charge >= 0.3 is 12.3 Å². The average Bonchev–Trinajstić information content (AvgIpc) is 3.16. The maximum absolute atomic E-state index is 13.4. The molecule has 38 heavy (non-hydrogen) atoms. The Morgan fingerprint density at radius 3 is 2.26 bits per heavy atom. The van der Waals surface area contributed by atoms with E-state index < -0.39 is 58.3 Å². The topological polar surface area (TPSA) is 122 Å². The first-order valence-corrected chi connectivity index (χ1v) is 13.1. The zero-order chi connectivity index (χ0) is 29.1. The summed E-state index contributed by atoms with van der Waals surface area (Å²) in [6.07, 6.45) is -2.43. The fraction of sp³-hybridized carbons (Fsp3) is 0.708. The Hall–Kier alpha value is -2.13. The van der Waals surface area contributed by atoms with E-state index in [9.17, 15) is 22.5 Å². The maximum Gasteiger partial charge on any atom is 0.416 e. The molecule has 0 bridgehead atoms. The van der Waals surface area contributed by atoms with Gasteiger partial charge in [-0.05, 0) is 67.0 Å². The number of alkyl carbamates (subject to hydrolysis) is 1. The molecule has 0 saturated heterocycles. The summed E-state index contributed by atoms with van der Waals surface area (Å²) in [4.78, 5) is 16.9. The minimum Gasteiger partial charge on any atom is -0.598 e. The Morgan fingerprint density at radius 1 is 1.11 bits per heavy atom. The number of carbonyl (C=O) groups excluding carboxylic acids is 1. The standard InChI is InChI=1S/C24H38F3N5O5S/c1-21(2,3)37-20(33)30-18(14-36-23(7,8)24(25,26)27)16-12-32-19(29-16)10-15(11-28-32)17(13-35-9)31-38(34)22(4,5)6/h10-12,17-18,31H,13-14H2,1-9H3,(H,30,33)/t17?,18-,38?/m0/s1. The smallest absolute Gasteiger partial charge is 0.416 e. The summed E-state index contributed by atoms with van der Waals surface area (Å²) >= 11 is -1.39. The number of rotatable bonds is 10. The van der Waals surface area contributed by atoms with E-state index in [2.05, 4.69) is 20.1 Å². The lowest BCUT2D eigenvalue weighted by atomic mass is 10.1. The van der Waals surface area contributed by atoms with Crippen LogP contribution in [-0.2, 0) is 25.6 Å². The summed E-state index contributed by atoms with van der Waals surface area (Å²) in [6.45, 7) is 12.0. The van der Waals surface area contributed by atoms with Crippen molar-refractivity contribution in [1.82, 2.24) is 24.6 Å². The lowest BCUT2D eigenvalue weighted by molar-refractivity contribution is -0.265. The van der Waals surface area contributed by atoms with Crippen LogP contribution in [0.4, 0.5) is 18.0 Å². The van der Waals surface area contributed by atoms with Crippen LogP contribution in [0.1, 0.15) is 78.7 Å². The third-order valence-electron chi connectivity index (χ3n) is 5.24. The van der Waals surface area contributed by atoms with Gasteiger partial charge in [-0.25, -0.2) is 14.3 Å². The highest BCUT2D eigenvalue weighted by Crippen LogP contribution is 2.34. The number of ether oxygens (including phenoxy) is 3. The molecule has 2 unspecified atom stereocenters. The van der Waals surface area contributed by atoms with Crippen molar-refractivity contribution >= 4 is 23.1 Å². The van der Waals surface area contributed by atoms with Gasteiger partial charge < -0.3 is 24.1 Å². The van der Waals surface area contributed by atoms with Gasteiger partial charge in [-0.3, -0.25) is 0 Å². The number of halogens is 3. The molecule has 1 amide bonds. The Balaban J connectivity index is 2.39. The van der Waals surface area contributed by atoms with Crippen LogP contribution in [0.5, 0.6) is 0 Å². The van der Waals surface area contributed by atoms with Crippen LogP contribution in [0.3, 0.4) is 0 Å². The molecule has 10 nitrogen and oxygen atoms in total. The van der Waals surface area contributed by atoms with Gasteiger partial charge in [0.2, 0.25) is 0 Å². The van der Waals surface area contributed by atoms with Crippen LogP contribution in [0, 0.1) is 0 Å². The maximum atomic E-state index is 13.4. The Bertz CT molecular complexity index is 1080. The molecular weight excluding hydrogens is 527 g/mol. The molecule has 2 N–H and O–H groups in total. The molecule has 0 saturated carbocycles. The zero-order valence-corrected chi connectivity index (χ0v) is 24.0. The molecule has 0 aliphatic carbocycles. The number of fused-ring (bicyclic) bond motifs is 1. The van der Waals surface area contributed by atoms with Crippen LogP contribution >= 0.6 is 0 Å². The van der Waals surface area contributed by atoms with Crippen molar-refractivity contribution < 1.29 is 36.7 Å². The summed E-state index contributed by atoms with van der Waals surface area (Å²) in [7, 11) is 1.52. The molecule has 2 aromatic heterocycles. The molecule has 3 atom stereocenters. The molecule has 14 heteroatoms. The summed E-state index contributed by atoms with van der Waals surface area (Å²) in [5.41, 5.74) is -2.08. The fourth-order valence-corrected chi connectivity index (χ4v) is 3.78. The van der Waals surface area contributed by atoms with E-state index in [0.29, 0.717) is 11.2 Å². The summed E-state index contributed by atoms with van der Waals surface area (Å²) in [6, 6.07) is 0.153. The third-order valence-corrected chi connectivity index (χ3v) is 6.85. The molecule has 216 valence electrons. The zero-order valence-electron chi connectivity index (χ0n) is 23.2. The number of hydrogen-bond acceptors (Lipinski definition) is 8. The van der Waals surface area contributed by atoms with Gasteiger partial charge in [-0.2, -0.15) is 18.3 Å². The summed E-state index contributed by atoms with van der Waals surface area (Å²) in [5.74, 6) is 0. The highest BCUT2D eigenvalue weighted by molar-refractivity contribution is 7.90. The number of nitrogens with one attached hydrogen (secondary N) is 2. The second kappa shape index (κ2) is 11.9. The predicted molar refractivity (Wildman–Crippen MR) is 137 cm³/mol. The quantitative estimate of drug-likeness (QED) is 0.407. The lowest BCUT2D eigenvalue weighted by Crippen LogP contribution is -2.44. The van der Waals surface area contributed by atoms with Crippen LogP contribution in [0.15, 0.2) is 18.5 Å². The third kappa shape index (κ3) is 8.97. The van der Waals surface area contributed by atoms with E-state index in [4.69, 9.17) is 14.2 Å². The van der Waals surface area contributed by atoms with Gasteiger partial charge in [0.05, 0.1) is 37.3 Å². The first kappa shape index (κ1) is 32.1. The van der Waals surface area contributed by atoms with Crippen LogP contribution in [0.25, 0.3) is 5.65 Å². The Labute approximate surface area is 224 Å². The van der Waals surface area contributed by atoms with Crippen molar-refractivity contribution in [2.75, 3.05) is 20.3 Å². The molecule has 2 rings (SSSR count). The molecule has 0 aliphatic rings. The normalized spacial score (nSPS) is 15.8. The van der Waals surface area contributed by atoms with Gasteiger partial charge in [0.15, 0.2) is 11.2 Å². The van der Waals surface area contributed by atoms with Crippen LogP contribution in [0.2, 0.25) is 0 Å². The van der Waals surface area contributed by atoms with Crippen molar-refractivity contribution in [2.45, 2.75) is 89.6 Å². The van der Waals surface area contributed by atoms with Crippen molar-refractivity contribution in [2.24, 2.45) is 0 Å². The van der Waals surface area contributed by atoms with Gasteiger partial charge in [0, 0.05) is 18.5 Å². The van der Waals surface area contributed by atoms with E-state index >= 15 is 0 Å². The van der Waals surface area contributed by atoms with E-state index in [0.717, 1.165) is 13.8 Å². The molecule has 0 spiro atoms. The number of amides is 1. The Morgan fingerprint density at radius 2 is 1.74 bits per heavy atom.